The topological polar surface area (TPSA) is 29.3 Å². The summed E-state index contributed by atoms with van der Waals surface area (Å²) in [5.41, 5.74) is 5.40. The van der Waals surface area contributed by atoms with Crippen LogP contribution in [0.1, 0.15) is 0 Å². The van der Waals surface area contributed by atoms with Gasteiger partial charge in [-0.05, 0) is 0 Å². The predicted octanol–water partition coefficient (Wildman–Crippen LogP) is 1.35. The highest BCUT2D eigenvalue weighted by Gasteiger charge is 1.98. The predicted molar refractivity (Wildman–Crippen MR) is 63.2 cm³/mol. The third-order valence-corrected chi connectivity index (χ3v) is 2.58. The summed E-state index contributed by atoms with van der Waals surface area (Å²) in [6, 6.07) is 0. The number of thioether (sulfide) groups is 1. The zero-order valence-electron chi connectivity index (χ0n) is 8.24. The summed E-state index contributed by atoms with van der Waals surface area (Å²) in [7, 11) is 0. The fourth-order valence-corrected chi connectivity index (χ4v) is 1.76. The summed E-state index contributed by atoms with van der Waals surface area (Å²) in [5, 5.41) is 0. The lowest BCUT2D eigenvalue weighted by atomic mass is 10.4. The molecular formula is C10H20N2S. The Balaban J connectivity index is 3.43. The number of nitrogens with two attached hydrogens (primary N) is 1. The van der Waals surface area contributed by atoms with E-state index in [1.807, 2.05) is 23.9 Å². The van der Waals surface area contributed by atoms with Crippen molar-refractivity contribution in [2.24, 2.45) is 5.73 Å². The molecule has 76 valence electrons. The SMILES string of the molecule is C=CCN(CC=C)CCSCCN. The molecule has 0 rings (SSSR count). The maximum absolute atomic E-state index is 5.40. The Morgan fingerprint density at radius 1 is 1.15 bits per heavy atom. The monoisotopic (exact) mass is 200 g/mol. The van der Waals surface area contributed by atoms with Crippen LogP contribution in [0.3, 0.4) is 0 Å². The van der Waals surface area contributed by atoms with E-state index in [0.29, 0.717) is 0 Å². The molecular weight excluding hydrogens is 180 g/mol. The lowest BCUT2D eigenvalue weighted by Gasteiger charge is -2.17. The van der Waals surface area contributed by atoms with Gasteiger partial charge in [0.05, 0.1) is 0 Å². The minimum atomic E-state index is 0.771. The number of hydrogen-bond donors (Lipinski definition) is 1. The van der Waals surface area contributed by atoms with Gasteiger partial charge in [-0.1, -0.05) is 12.2 Å². The molecule has 0 aromatic rings. The second-order valence-corrected chi connectivity index (χ2v) is 3.96. The third kappa shape index (κ3) is 8.09. The molecule has 2 N–H and O–H groups in total. The van der Waals surface area contributed by atoms with Gasteiger partial charge in [-0.2, -0.15) is 11.8 Å². The second-order valence-electron chi connectivity index (χ2n) is 2.74. The molecule has 13 heavy (non-hydrogen) atoms. The first-order valence-corrected chi connectivity index (χ1v) is 5.72. The highest BCUT2D eigenvalue weighted by atomic mass is 32.2. The standard InChI is InChI=1S/C10H20N2S/c1-3-6-12(7-4-2)8-10-13-9-5-11/h3-4H,1-2,5-11H2. The van der Waals surface area contributed by atoms with Crippen LogP contribution >= 0.6 is 11.8 Å². The van der Waals surface area contributed by atoms with Crippen molar-refractivity contribution in [3.05, 3.63) is 25.3 Å². The fourth-order valence-electron chi connectivity index (χ4n) is 1.00. The molecule has 0 fully saturated rings. The molecule has 0 amide bonds. The largest absolute Gasteiger partial charge is 0.330 e. The maximum Gasteiger partial charge on any atom is 0.0164 e. The van der Waals surface area contributed by atoms with Crippen LogP contribution in [0.15, 0.2) is 25.3 Å². The minimum absolute atomic E-state index is 0.771. The molecule has 0 radical (unpaired) electrons. The highest BCUT2D eigenvalue weighted by Crippen LogP contribution is 1.99. The van der Waals surface area contributed by atoms with Crippen molar-refractivity contribution in [3.8, 4) is 0 Å². The summed E-state index contributed by atoms with van der Waals surface area (Å²) in [6.45, 7) is 11.2. The molecule has 0 aliphatic carbocycles. The van der Waals surface area contributed by atoms with Gasteiger partial charge in [0.25, 0.3) is 0 Å². The Hall–Kier alpha value is -0.250. The Morgan fingerprint density at radius 2 is 1.77 bits per heavy atom. The van der Waals surface area contributed by atoms with Gasteiger partial charge in [0.1, 0.15) is 0 Å². The third-order valence-electron chi connectivity index (χ3n) is 1.59. The molecule has 0 heterocycles. The van der Waals surface area contributed by atoms with Gasteiger partial charge >= 0.3 is 0 Å². The molecule has 0 saturated carbocycles. The summed E-state index contributed by atoms with van der Waals surface area (Å²) >= 11 is 1.90. The number of hydrogen-bond acceptors (Lipinski definition) is 3. The molecule has 0 aromatic heterocycles. The second kappa shape index (κ2) is 9.84. The van der Waals surface area contributed by atoms with Crippen LogP contribution in [0.25, 0.3) is 0 Å². The maximum atomic E-state index is 5.40. The van der Waals surface area contributed by atoms with E-state index < -0.39 is 0 Å². The highest BCUT2D eigenvalue weighted by molar-refractivity contribution is 7.99. The van der Waals surface area contributed by atoms with Crippen LogP contribution in [0.2, 0.25) is 0 Å². The molecule has 0 atom stereocenters. The molecule has 0 unspecified atom stereocenters. The average Bonchev–Trinajstić information content (AvgIpc) is 2.13. The summed E-state index contributed by atoms with van der Waals surface area (Å²) in [4.78, 5) is 2.31. The van der Waals surface area contributed by atoms with Crippen molar-refractivity contribution in [2.45, 2.75) is 0 Å². The molecule has 0 aliphatic heterocycles. The van der Waals surface area contributed by atoms with E-state index >= 15 is 0 Å². The fraction of sp³-hybridized carbons (Fsp3) is 0.600. The van der Waals surface area contributed by atoms with Crippen LogP contribution in [0.4, 0.5) is 0 Å². The first kappa shape index (κ1) is 12.8. The Kier molecular flexibility index (Phi) is 9.65. The molecule has 3 heteroatoms. The molecule has 2 nitrogen and oxygen atoms in total. The average molecular weight is 200 g/mol. The van der Waals surface area contributed by atoms with E-state index in [0.717, 1.165) is 37.7 Å². The quantitative estimate of drug-likeness (QED) is 0.450. The smallest absolute Gasteiger partial charge is 0.0164 e. The number of nitrogens with zero attached hydrogens (tertiary/aromatic N) is 1. The zero-order chi connectivity index (χ0) is 9.94. The van der Waals surface area contributed by atoms with E-state index in [9.17, 15) is 0 Å². The van der Waals surface area contributed by atoms with Gasteiger partial charge in [-0.15, -0.1) is 13.2 Å². The summed E-state index contributed by atoms with van der Waals surface area (Å²) < 4.78 is 0. The van der Waals surface area contributed by atoms with Gasteiger partial charge in [-0.25, -0.2) is 0 Å². The summed E-state index contributed by atoms with van der Waals surface area (Å²) in [6.07, 6.45) is 3.86. The van der Waals surface area contributed by atoms with Crippen LogP contribution in [0, 0.1) is 0 Å². The lowest BCUT2D eigenvalue weighted by Crippen LogP contribution is -2.26. The Bertz CT molecular complexity index is 127. The van der Waals surface area contributed by atoms with Crippen LogP contribution < -0.4 is 5.73 Å². The molecule has 0 aliphatic rings. The van der Waals surface area contributed by atoms with Gasteiger partial charge in [0.15, 0.2) is 0 Å². The first-order chi connectivity index (χ1) is 6.35. The van der Waals surface area contributed by atoms with E-state index in [-0.39, 0.29) is 0 Å². The van der Waals surface area contributed by atoms with Gasteiger partial charge in [-0.3, -0.25) is 4.90 Å². The first-order valence-electron chi connectivity index (χ1n) is 4.57. The van der Waals surface area contributed by atoms with E-state index in [4.69, 9.17) is 5.73 Å². The van der Waals surface area contributed by atoms with E-state index in [1.54, 1.807) is 0 Å². The normalized spacial score (nSPS) is 10.3. The van der Waals surface area contributed by atoms with Gasteiger partial charge < -0.3 is 5.73 Å². The minimum Gasteiger partial charge on any atom is -0.330 e. The van der Waals surface area contributed by atoms with Gasteiger partial charge in [0.2, 0.25) is 0 Å². The van der Waals surface area contributed by atoms with Crippen LogP contribution in [-0.4, -0.2) is 42.6 Å². The van der Waals surface area contributed by atoms with Crippen molar-refractivity contribution in [2.75, 3.05) is 37.7 Å². The van der Waals surface area contributed by atoms with Crippen LogP contribution in [0.5, 0.6) is 0 Å². The zero-order valence-corrected chi connectivity index (χ0v) is 9.06. The Labute approximate surface area is 85.9 Å². The van der Waals surface area contributed by atoms with Crippen molar-refractivity contribution in [1.29, 1.82) is 0 Å². The number of rotatable bonds is 9. The van der Waals surface area contributed by atoms with E-state index in [2.05, 4.69) is 18.1 Å². The van der Waals surface area contributed by atoms with Crippen molar-refractivity contribution >= 4 is 11.8 Å². The van der Waals surface area contributed by atoms with Crippen LogP contribution in [-0.2, 0) is 0 Å². The Morgan fingerprint density at radius 3 is 2.23 bits per heavy atom. The lowest BCUT2D eigenvalue weighted by molar-refractivity contribution is 0.358. The van der Waals surface area contributed by atoms with Crippen molar-refractivity contribution < 1.29 is 0 Å². The molecule has 0 bridgehead atoms. The molecule has 0 spiro atoms. The molecule has 0 aromatic carbocycles. The molecule has 0 saturated heterocycles. The van der Waals surface area contributed by atoms with Gasteiger partial charge in [0, 0.05) is 37.7 Å². The van der Waals surface area contributed by atoms with Crippen molar-refractivity contribution in [1.82, 2.24) is 4.90 Å². The van der Waals surface area contributed by atoms with Crippen molar-refractivity contribution in [3.63, 3.8) is 0 Å². The van der Waals surface area contributed by atoms with E-state index in [1.165, 1.54) is 0 Å². The summed E-state index contributed by atoms with van der Waals surface area (Å²) in [5.74, 6) is 2.19.